The van der Waals surface area contributed by atoms with Crippen molar-refractivity contribution in [2.24, 2.45) is 0 Å². The van der Waals surface area contributed by atoms with E-state index in [1.807, 2.05) is 88.4 Å². The number of imide groups is 1. The molecular weight excluding hydrogens is 430 g/mol. The Morgan fingerprint density at radius 2 is 1.71 bits per heavy atom. The van der Waals surface area contributed by atoms with Crippen LogP contribution in [-0.4, -0.2) is 39.1 Å². The molecule has 8 nitrogen and oxygen atoms in total. The van der Waals surface area contributed by atoms with Crippen LogP contribution in [0, 0.1) is 6.92 Å². The van der Waals surface area contributed by atoms with Gasteiger partial charge in [-0.1, -0.05) is 68.8 Å². The van der Waals surface area contributed by atoms with Crippen LogP contribution in [-0.2, 0) is 20.5 Å². The number of hydrogen-bond acceptors (Lipinski definition) is 4. The number of benzene rings is 2. The van der Waals surface area contributed by atoms with E-state index in [9.17, 15) is 14.4 Å². The lowest BCUT2D eigenvalue weighted by atomic mass is 9.91. The van der Waals surface area contributed by atoms with Crippen LogP contribution in [0.15, 0.2) is 60.7 Å². The molecule has 1 fully saturated rings. The zero-order chi connectivity index (χ0) is 24.7. The lowest BCUT2D eigenvalue weighted by Gasteiger charge is -2.22. The number of nitrogens with one attached hydrogen (secondary N) is 2. The van der Waals surface area contributed by atoms with Crippen molar-refractivity contribution in [2.45, 2.75) is 45.6 Å². The van der Waals surface area contributed by atoms with Crippen LogP contribution in [0.5, 0.6) is 0 Å². The Bertz CT molecular complexity index is 1240. The molecular formula is C26H29N5O3. The molecule has 1 atom stereocenters. The Morgan fingerprint density at radius 1 is 1.06 bits per heavy atom. The van der Waals surface area contributed by atoms with Crippen molar-refractivity contribution in [3.63, 3.8) is 0 Å². The standard InChI is InChI=1S/C26H29N5O3/c1-17-11-13-18(14-12-17)26(5)23(33)30(24(34)28-26)16-22(32)27-21-15-20(25(2,3)4)29-31(21)19-9-7-6-8-10-19/h6-15H,16H2,1-5H3,(H,27,32)(H,28,34). The highest BCUT2D eigenvalue weighted by Crippen LogP contribution is 2.29. The Kier molecular flexibility index (Phi) is 5.77. The normalized spacial score (nSPS) is 18.2. The third-order valence-electron chi connectivity index (χ3n) is 5.95. The second-order valence-corrected chi connectivity index (χ2v) is 9.77. The van der Waals surface area contributed by atoms with Crippen molar-refractivity contribution in [1.82, 2.24) is 20.0 Å². The minimum absolute atomic E-state index is 0.236. The second-order valence-electron chi connectivity index (χ2n) is 9.77. The average Bonchev–Trinajstić information content (AvgIpc) is 3.30. The number of urea groups is 1. The number of aryl methyl sites for hydroxylation is 1. The minimum atomic E-state index is -1.23. The van der Waals surface area contributed by atoms with Gasteiger partial charge in [-0.3, -0.25) is 14.5 Å². The van der Waals surface area contributed by atoms with Gasteiger partial charge in [-0.2, -0.15) is 5.10 Å². The zero-order valence-corrected chi connectivity index (χ0v) is 20.0. The summed E-state index contributed by atoms with van der Waals surface area (Å²) in [4.78, 5) is 39.7. The summed E-state index contributed by atoms with van der Waals surface area (Å²) in [6.45, 7) is 9.30. The quantitative estimate of drug-likeness (QED) is 0.566. The topological polar surface area (TPSA) is 96.3 Å². The lowest BCUT2D eigenvalue weighted by Crippen LogP contribution is -2.42. The fourth-order valence-electron chi connectivity index (χ4n) is 3.85. The van der Waals surface area contributed by atoms with Gasteiger partial charge in [-0.05, 0) is 31.5 Å². The van der Waals surface area contributed by atoms with Crippen LogP contribution >= 0.6 is 0 Å². The summed E-state index contributed by atoms with van der Waals surface area (Å²) in [6.07, 6.45) is 0. The first-order valence-corrected chi connectivity index (χ1v) is 11.2. The van der Waals surface area contributed by atoms with Crippen molar-refractivity contribution < 1.29 is 14.4 Å². The molecule has 8 heteroatoms. The highest BCUT2D eigenvalue weighted by molar-refractivity contribution is 6.10. The number of aromatic nitrogens is 2. The van der Waals surface area contributed by atoms with Crippen LogP contribution in [0.25, 0.3) is 5.69 Å². The fourth-order valence-corrected chi connectivity index (χ4v) is 3.85. The maximum absolute atomic E-state index is 13.2. The monoisotopic (exact) mass is 459 g/mol. The van der Waals surface area contributed by atoms with E-state index in [0.717, 1.165) is 21.8 Å². The summed E-state index contributed by atoms with van der Waals surface area (Å²) in [7, 11) is 0. The molecule has 1 aliphatic rings. The van der Waals surface area contributed by atoms with Gasteiger partial charge in [0.1, 0.15) is 17.9 Å². The molecule has 0 bridgehead atoms. The molecule has 2 aromatic carbocycles. The number of para-hydroxylation sites is 1. The van der Waals surface area contributed by atoms with E-state index in [1.54, 1.807) is 11.6 Å². The highest BCUT2D eigenvalue weighted by atomic mass is 16.2. The predicted octanol–water partition coefficient (Wildman–Crippen LogP) is 3.88. The van der Waals surface area contributed by atoms with Crippen molar-refractivity contribution in [2.75, 3.05) is 11.9 Å². The maximum Gasteiger partial charge on any atom is 0.325 e. The van der Waals surface area contributed by atoms with Gasteiger partial charge < -0.3 is 10.6 Å². The van der Waals surface area contributed by atoms with Gasteiger partial charge >= 0.3 is 6.03 Å². The van der Waals surface area contributed by atoms with Crippen LogP contribution in [0.2, 0.25) is 0 Å². The molecule has 2 N–H and O–H groups in total. The van der Waals surface area contributed by atoms with Gasteiger partial charge in [0.05, 0.1) is 11.4 Å². The molecule has 2 heterocycles. The summed E-state index contributed by atoms with van der Waals surface area (Å²) < 4.78 is 1.65. The second kappa shape index (κ2) is 8.44. The van der Waals surface area contributed by atoms with Crippen LogP contribution in [0.4, 0.5) is 10.6 Å². The Labute approximate surface area is 199 Å². The smallest absolute Gasteiger partial charge is 0.319 e. The Morgan fingerprint density at radius 3 is 2.32 bits per heavy atom. The third kappa shape index (κ3) is 4.31. The summed E-state index contributed by atoms with van der Waals surface area (Å²) in [5.74, 6) is -0.493. The first-order chi connectivity index (χ1) is 16.0. The largest absolute Gasteiger partial charge is 0.325 e. The molecule has 1 saturated heterocycles. The van der Waals surface area contributed by atoms with Gasteiger partial charge in [-0.25, -0.2) is 9.48 Å². The van der Waals surface area contributed by atoms with E-state index in [4.69, 9.17) is 0 Å². The first kappa shape index (κ1) is 23.2. The van der Waals surface area contributed by atoms with E-state index in [-0.39, 0.29) is 5.41 Å². The molecule has 3 aromatic rings. The van der Waals surface area contributed by atoms with Crippen LogP contribution in [0.3, 0.4) is 0 Å². The summed E-state index contributed by atoms with van der Waals surface area (Å²) >= 11 is 0. The van der Waals surface area contributed by atoms with E-state index >= 15 is 0 Å². The summed E-state index contributed by atoms with van der Waals surface area (Å²) in [6, 6.07) is 18.0. The van der Waals surface area contributed by atoms with E-state index in [1.165, 1.54) is 0 Å². The molecule has 0 spiro atoms. The Balaban J connectivity index is 1.56. The molecule has 1 aromatic heterocycles. The summed E-state index contributed by atoms with van der Waals surface area (Å²) in [5.41, 5.74) is 1.83. The molecule has 4 amide bonds. The van der Waals surface area contributed by atoms with Crippen molar-refractivity contribution in [3.8, 4) is 5.69 Å². The van der Waals surface area contributed by atoms with E-state index < -0.39 is 29.9 Å². The molecule has 1 unspecified atom stereocenters. The Hall–Kier alpha value is -3.94. The number of rotatable bonds is 5. The number of carbonyl (C=O) groups excluding carboxylic acids is 3. The van der Waals surface area contributed by atoms with Gasteiger partial charge in [0.2, 0.25) is 5.91 Å². The van der Waals surface area contributed by atoms with Gasteiger partial charge in [0.15, 0.2) is 0 Å². The average molecular weight is 460 g/mol. The van der Waals surface area contributed by atoms with Crippen molar-refractivity contribution >= 4 is 23.7 Å². The minimum Gasteiger partial charge on any atom is -0.319 e. The highest BCUT2D eigenvalue weighted by Gasteiger charge is 2.49. The molecule has 0 saturated carbocycles. The van der Waals surface area contributed by atoms with E-state index in [0.29, 0.717) is 11.4 Å². The molecule has 34 heavy (non-hydrogen) atoms. The van der Waals surface area contributed by atoms with Crippen LogP contribution < -0.4 is 10.6 Å². The molecule has 176 valence electrons. The predicted molar refractivity (Wildman–Crippen MR) is 130 cm³/mol. The number of amides is 4. The number of nitrogens with zero attached hydrogens (tertiary/aromatic N) is 3. The van der Waals surface area contributed by atoms with Crippen LogP contribution in [0.1, 0.15) is 44.5 Å². The molecule has 1 aliphatic heterocycles. The van der Waals surface area contributed by atoms with Gasteiger partial charge in [0.25, 0.3) is 5.91 Å². The zero-order valence-electron chi connectivity index (χ0n) is 20.0. The SMILES string of the molecule is Cc1ccc(C2(C)NC(=O)N(CC(=O)Nc3cc(C(C)(C)C)nn3-c3ccccc3)C2=O)cc1. The van der Waals surface area contributed by atoms with Gasteiger partial charge in [0, 0.05) is 11.5 Å². The number of anilines is 1. The number of hydrogen-bond donors (Lipinski definition) is 2. The van der Waals surface area contributed by atoms with Crippen molar-refractivity contribution in [3.05, 3.63) is 77.5 Å². The first-order valence-electron chi connectivity index (χ1n) is 11.2. The van der Waals surface area contributed by atoms with Gasteiger partial charge in [-0.15, -0.1) is 0 Å². The summed E-state index contributed by atoms with van der Waals surface area (Å²) in [5, 5.41) is 10.2. The third-order valence-corrected chi connectivity index (χ3v) is 5.95. The van der Waals surface area contributed by atoms with E-state index in [2.05, 4.69) is 15.7 Å². The maximum atomic E-state index is 13.2. The molecule has 0 radical (unpaired) electrons. The van der Waals surface area contributed by atoms with Crippen molar-refractivity contribution in [1.29, 1.82) is 0 Å². The molecule has 0 aliphatic carbocycles. The fraction of sp³-hybridized carbons (Fsp3) is 0.308. The lowest BCUT2D eigenvalue weighted by molar-refractivity contribution is -0.133. The molecule has 4 rings (SSSR count). The number of carbonyl (C=O) groups is 3.